The number of aldehydes is 1. The number of carbonyl (C=O) groups is 1. The van der Waals surface area contributed by atoms with E-state index in [9.17, 15) is 9.18 Å². The van der Waals surface area contributed by atoms with Crippen LogP contribution in [0.5, 0.6) is 0 Å². The lowest BCUT2D eigenvalue weighted by molar-refractivity contribution is -0.108. The summed E-state index contributed by atoms with van der Waals surface area (Å²) in [7, 11) is 0. The fraction of sp³-hybridized carbons (Fsp3) is 0.500. The van der Waals surface area contributed by atoms with Crippen LogP contribution in [0.3, 0.4) is 0 Å². The monoisotopic (exact) mass is 251 g/mol. The summed E-state index contributed by atoms with van der Waals surface area (Å²) < 4.78 is 18.7. The van der Waals surface area contributed by atoms with E-state index in [1.807, 2.05) is 6.92 Å². The third-order valence-electron chi connectivity index (χ3n) is 3.32. The summed E-state index contributed by atoms with van der Waals surface area (Å²) >= 11 is 0. The lowest BCUT2D eigenvalue weighted by atomic mass is 9.96. The summed E-state index contributed by atoms with van der Waals surface area (Å²) in [6, 6.07) is 4.80. The SMILES string of the molecule is CC(CC=O)c1ccc(F)cc1N1CCOCC1. The molecule has 4 heteroatoms. The number of carbonyl (C=O) groups excluding carboxylic acids is 1. The van der Waals surface area contributed by atoms with E-state index in [1.54, 1.807) is 12.1 Å². The second-order valence-corrected chi connectivity index (χ2v) is 4.61. The summed E-state index contributed by atoms with van der Waals surface area (Å²) in [5, 5.41) is 0. The van der Waals surface area contributed by atoms with Crippen LogP contribution in [0.25, 0.3) is 0 Å². The molecule has 0 saturated carbocycles. The molecular weight excluding hydrogens is 233 g/mol. The highest BCUT2D eigenvalue weighted by Crippen LogP contribution is 2.30. The number of hydrogen-bond donors (Lipinski definition) is 0. The van der Waals surface area contributed by atoms with Crippen LogP contribution in [0.2, 0.25) is 0 Å². The topological polar surface area (TPSA) is 29.5 Å². The number of nitrogens with zero attached hydrogens (tertiary/aromatic N) is 1. The number of halogens is 1. The van der Waals surface area contributed by atoms with E-state index < -0.39 is 0 Å². The molecule has 0 amide bonds. The first-order valence-corrected chi connectivity index (χ1v) is 6.28. The van der Waals surface area contributed by atoms with Crippen LogP contribution in [0, 0.1) is 5.82 Å². The molecule has 0 N–H and O–H groups in total. The van der Waals surface area contributed by atoms with Crippen molar-refractivity contribution in [1.29, 1.82) is 0 Å². The minimum Gasteiger partial charge on any atom is -0.378 e. The minimum absolute atomic E-state index is 0.112. The summed E-state index contributed by atoms with van der Waals surface area (Å²) in [4.78, 5) is 12.8. The third kappa shape index (κ3) is 2.88. The number of hydrogen-bond acceptors (Lipinski definition) is 3. The second-order valence-electron chi connectivity index (χ2n) is 4.61. The smallest absolute Gasteiger partial charge is 0.125 e. The summed E-state index contributed by atoms with van der Waals surface area (Å²) in [6.07, 6.45) is 1.38. The van der Waals surface area contributed by atoms with E-state index >= 15 is 0 Å². The molecule has 18 heavy (non-hydrogen) atoms. The highest BCUT2D eigenvalue weighted by atomic mass is 19.1. The van der Waals surface area contributed by atoms with Crippen LogP contribution in [0.15, 0.2) is 18.2 Å². The number of rotatable bonds is 4. The molecule has 1 aliphatic rings. The van der Waals surface area contributed by atoms with Gasteiger partial charge in [0.25, 0.3) is 0 Å². The average molecular weight is 251 g/mol. The van der Waals surface area contributed by atoms with Crippen molar-refractivity contribution >= 4 is 12.0 Å². The van der Waals surface area contributed by atoms with Crippen LogP contribution in [0.4, 0.5) is 10.1 Å². The quantitative estimate of drug-likeness (QED) is 0.769. The molecule has 1 aromatic carbocycles. The van der Waals surface area contributed by atoms with Gasteiger partial charge in [-0.3, -0.25) is 0 Å². The third-order valence-corrected chi connectivity index (χ3v) is 3.32. The highest BCUT2D eigenvalue weighted by Gasteiger charge is 2.18. The van der Waals surface area contributed by atoms with Crippen molar-refractivity contribution in [3.63, 3.8) is 0 Å². The van der Waals surface area contributed by atoms with E-state index in [0.29, 0.717) is 19.6 Å². The van der Waals surface area contributed by atoms with E-state index in [0.717, 1.165) is 30.6 Å². The molecule has 0 bridgehead atoms. The molecule has 0 aromatic heterocycles. The Morgan fingerprint density at radius 1 is 1.44 bits per heavy atom. The second kappa shape index (κ2) is 5.96. The van der Waals surface area contributed by atoms with Crippen molar-refractivity contribution in [2.45, 2.75) is 19.3 Å². The van der Waals surface area contributed by atoms with Crippen LogP contribution >= 0.6 is 0 Å². The van der Waals surface area contributed by atoms with Gasteiger partial charge < -0.3 is 14.4 Å². The summed E-state index contributed by atoms with van der Waals surface area (Å²) in [5.41, 5.74) is 1.93. The molecule has 1 fully saturated rings. The minimum atomic E-state index is -0.237. The Hall–Kier alpha value is -1.42. The predicted octanol–water partition coefficient (Wildman–Crippen LogP) is 2.35. The molecular formula is C14H18FNO2. The van der Waals surface area contributed by atoms with Crippen molar-refractivity contribution in [3.8, 4) is 0 Å². The number of anilines is 1. The number of ether oxygens (including phenoxy) is 1. The van der Waals surface area contributed by atoms with Gasteiger partial charge in [0.05, 0.1) is 13.2 Å². The van der Waals surface area contributed by atoms with Gasteiger partial charge in [-0.1, -0.05) is 13.0 Å². The lowest BCUT2D eigenvalue weighted by Gasteiger charge is -2.31. The van der Waals surface area contributed by atoms with Crippen molar-refractivity contribution in [1.82, 2.24) is 0 Å². The molecule has 1 unspecified atom stereocenters. The molecule has 0 aliphatic carbocycles. The van der Waals surface area contributed by atoms with Gasteiger partial charge in [-0.15, -0.1) is 0 Å². The zero-order chi connectivity index (χ0) is 13.0. The predicted molar refractivity (Wildman–Crippen MR) is 68.5 cm³/mol. The van der Waals surface area contributed by atoms with Crippen molar-refractivity contribution < 1.29 is 13.9 Å². The highest BCUT2D eigenvalue weighted by molar-refractivity contribution is 5.59. The maximum absolute atomic E-state index is 13.4. The normalized spacial score (nSPS) is 17.6. The van der Waals surface area contributed by atoms with Crippen LogP contribution < -0.4 is 4.90 Å². The van der Waals surface area contributed by atoms with Gasteiger partial charge in [-0.2, -0.15) is 0 Å². The zero-order valence-electron chi connectivity index (χ0n) is 10.6. The van der Waals surface area contributed by atoms with Gasteiger partial charge in [-0.05, 0) is 23.6 Å². The van der Waals surface area contributed by atoms with Gasteiger partial charge in [0.2, 0.25) is 0 Å². The number of morpholine rings is 1. The van der Waals surface area contributed by atoms with Crippen molar-refractivity contribution in [2.24, 2.45) is 0 Å². The first kappa shape index (κ1) is 13.0. The Kier molecular flexibility index (Phi) is 4.31. The molecule has 1 aliphatic heterocycles. The Balaban J connectivity index is 2.30. The molecule has 98 valence electrons. The van der Waals surface area contributed by atoms with Crippen LogP contribution in [-0.4, -0.2) is 32.6 Å². The maximum Gasteiger partial charge on any atom is 0.125 e. The van der Waals surface area contributed by atoms with Crippen molar-refractivity contribution in [2.75, 3.05) is 31.2 Å². The molecule has 2 rings (SSSR count). The zero-order valence-corrected chi connectivity index (χ0v) is 10.6. The Bertz CT molecular complexity index is 416. The molecule has 3 nitrogen and oxygen atoms in total. The van der Waals surface area contributed by atoms with Gasteiger partial charge in [0.15, 0.2) is 0 Å². The van der Waals surface area contributed by atoms with Gasteiger partial charge in [0, 0.05) is 25.2 Å². The van der Waals surface area contributed by atoms with E-state index in [1.165, 1.54) is 6.07 Å². The molecule has 1 atom stereocenters. The first-order chi connectivity index (χ1) is 8.72. The van der Waals surface area contributed by atoms with E-state index in [-0.39, 0.29) is 11.7 Å². The van der Waals surface area contributed by atoms with Gasteiger partial charge in [-0.25, -0.2) is 4.39 Å². The maximum atomic E-state index is 13.4. The van der Waals surface area contributed by atoms with Gasteiger partial charge >= 0.3 is 0 Å². The summed E-state index contributed by atoms with van der Waals surface area (Å²) in [5.74, 6) is -0.125. The van der Waals surface area contributed by atoms with E-state index in [4.69, 9.17) is 4.74 Å². The van der Waals surface area contributed by atoms with Crippen LogP contribution in [0.1, 0.15) is 24.8 Å². The fourth-order valence-electron chi connectivity index (χ4n) is 2.28. The van der Waals surface area contributed by atoms with Crippen LogP contribution in [-0.2, 0) is 9.53 Å². The Morgan fingerprint density at radius 3 is 2.83 bits per heavy atom. The average Bonchev–Trinajstić information content (AvgIpc) is 2.40. The van der Waals surface area contributed by atoms with E-state index in [2.05, 4.69) is 4.90 Å². The molecule has 1 heterocycles. The van der Waals surface area contributed by atoms with Gasteiger partial charge in [0.1, 0.15) is 12.1 Å². The largest absolute Gasteiger partial charge is 0.378 e. The molecule has 1 aromatic rings. The number of benzene rings is 1. The van der Waals surface area contributed by atoms with Crippen molar-refractivity contribution in [3.05, 3.63) is 29.6 Å². The Labute approximate surface area is 107 Å². The standard InChI is InChI=1S/C14H18FNO2/c1-11(4-7-17)13-3-2-12(15)10-14(13)16-5-8-18-9-6-16/h2-3,7,10-11H,4-6,8-9H2,1H3. The fourth-order valence-corrected chi connectivity index (χ4v) is 2.28. The molecule has 1 saturated heterocycles. The summed E-state index contributed by atoms with van der Waals surface area (Å²) in [6.45, 7) is 4.86. The first-order valence-electron chi connectivity index (χ1n) is 6.28. The molecule has 0 spiro atoms. The molecule has 0 radical (unpaired) electrons. The Morgan fingerprint density at radius 2 is 2.17 bits per heavy atom. The lowest BCUT2D eigenvalue weighted by Crippen LogP contribution is -2.37.